The van der Waals surface area contributed by atoms with E-state index in [1.54, 1.807) is 0 Å². The van der Waals surface area contributed by atoms with Crippen molar-refractivity contribution in [3.05, 3.63) is 11.7 Å². The second-order valence-corrected chi connectivity index (χ2v) is 6.75. The maximum Gasteiger partial charge on any atom is 0.223 e. The predicted octanol–water partition coefficient (Wildman–Crippen LogP) is 2.16. The third-order valence-electron chi connectivity index (χ3n) is 4.10. The van der Waals surface area contributed by atoms with Gasteiger partial charge < -0.3 is 19.7 Å². The number of nitrogens with zero attached hydrogens (tertiary/aromatic N) is 2. The molecule has 1 fully saturated rings. The number of hydrogen-bond donors (Lipinski definition) is 2. The number of aliphatic hydroxyl groups excluding tert-OH is 1. The lowest BCUT2D eigenvalue weighted by Gasteiger charge is -2.36. The number of hydrogen-bond acceptors (Lipinski definition) is 6. The second kappa shape index (κ2) is 8.04. The van der Waals surface area contributed by atoms with Crippen LogP contribution < -0.4 is 5.32 Å². The van der Waals surface area contributed by atoms with Gasteiger partial charge in [-0.05, 0) is 18.8 Å². The van der Waals surface area contributed by atoms with Crippen LogP contribution in [0.2, 0.25) is 0 Å². The molecule has 1 unspecified atom stereocenters. The summed E-state index contributed by atoms with van der Waals surface area (Å²) in [6.07, 6.45) is 4.95. The Morgan fingerprint density at radius 1 is 1.27 bits per heavy atom. The number of aromatic nitrogens is 2. The summed E-state index contributed by atoms with van der Waals surface area (Å²) < 4.78 is 10.7. The number of aliphatic hydroxyl groups is 1. The van der Waals surface area contributed by atoms with Crippen LogP contribution in [0.4, 0.5) is 0 Å². The summed E-state index contributed by atoms with van der Waals surface area (Å²) in [5, 5.41) is 17.7. The molecule has 0 saturated heterocycles. The molecule has 22 heavy (non-hydrogen) atoms. The van der Waals surface area contributed by atoms with Gasteiger partial charge in [-0.15, -0.1) is 0 Å². The van der Waals surface area contributed by atoms with Gasteiger partial charge in [0.05, 0.1) is 18.2 Å². The van der Waals surface area contributed by atoms with E-state index in [2.05, 4.69) is 29.3 Å². The van der Waals surface area contributed by atoms with Crippen molar-refractivity contribution in [3.63, 3.8) is 0 Å². The lowest BCUT2D eigenvalue weighted by molar-refractivity contribution is 0.0199. The van der Waals surface area contributed by atoms with Gasteiger partial charge in [0, 0.05) is 20.1 Å². The summed E-state index contributed by atoms with van der Waals surface area (Å²) in [4.78, 5) is 4.42. The average molecular weight is 311 g/mol. The van der Waals surface area contributed by atoms with Crippen LogP contribution in [0.5, 0.6) is 0 Å². The molecule has 0 bridgehead atoms. The van der Waals surface area contributed by atoms with E-state index in [1.807, 2.05) is 6.92 Å². The predicted molar refractivity (Wildman–Crippen MR) is 83.5 cm³/mol. The van der Waals surface area contributed by atoms with E-state index >= 15 is 0 Å². The molecule has 1 aliphatic rings. The molecular weight excluding hydrogens is 282 g/mol. The van der Waals surface area contributed by atoms with Crippen LogP contribution in [-0.4, -0.2) is 41.1 Å². The fraction of sp³-hybridized carbons (Fsp3) is 0.875. The molecule has 6 heteroatoms. The minimum atomic E-state index is -0.523. The molecule has 1 heterocycles. The normalized spacial score (nSPS) is 19.5. The number of ether oxygens (including phenoxy) is 1. The molecule has 1 aromatic heterocycles. The summed E-state index contributed by atoms with van der Waals surface area (Å²) in [7, 11) is 0. The Labute approximate surface area is 132 Å². The molecule has 0 aliphatic heterocycles. The Bertz CT molecular complexity index is 442. The summed E-state index contributed by atoms with van der Waals surface area (Å²) in [6.45, 7) is 7.51. The molecule has 1 atom stereocenters. The first-order valence-corrected chi connectivity index (χ1v) is 8.33. The summed E-state index contributed by atoms with van der Waals surface area (Å²) in [5.74, 6) is 1.79. The topological polar surface area (TPSA) is 80.4 Å². The smallest absolute Gasteiger partial charge is 0.223 e. The molecule has 0 aromatic carbocycles. The van der Waals surface area contributed by atoms with Crippen molar-refractivity contribution in [2.24, 2.45) is 5.92 Å². The van der Waals surface area contributed by atoms with Crippen molar-refractivity contribution in [2.45, 2.75) is 64.5 Å². The van der Waals surface area contributed by atoms with Crippen molar-refractivity contribution in [3.8, 4) is 0 Å². The van der Waals surface area contributed by atoms with Crippen LogP contribution in [0.3, 0.4) is 0 Å². The van der Waals surface area contributed by atoms with Gasteiger partial charge in [-0.3, -0.25) is 0 Å². The molecule has 1 saturated carbocycles. The average Bonchev–Trinajstić information content (AvgIpc) is 2.93. The number of aryl methyl sites for hydroxylation is 1. The zero-order chi connectivity index (χ0) is 16.0. The molecule has 1 aromatic rings. The van der Waals surface area contributed by atoms with Crippen LogP contribution in [-0.2, 0) is 10.3 Å². The number of nitrogens with one attached hydrogen (secondary N) is 1. The maximum absolute atomic E-state index is 10.1. The van der Waals surface area contributed by atoms with Crippen molar-refractivity contribution in [1.82, 2.24) is 15.5 Å². The molecule has 0 spiro atoms. The monoisotopic (exact) mass is 311 g/mol. The molecule has 2 rings (SSSR count). The van der Waals surface area contributed by atoms with Gasteiger partial charge in [0.2, 0.25) is 5.89 Å². The van der Waals surface area contributed by atoms with E-state index in [0.717, 1.165) is 31.5 Å². The van der Waals surface area contributed by atoms with Crippen molar-refractivity contribution < 1.29 is 14.4 Å². The fourth-order valence-corrected chi connectivity index (χ4v) is 2.94. The first kappa shape index (κ1) is 17.4. The van der Waals surface area contributed by atoms with Gasteiger partial charge in [0.15, 0.2) is 5.82 Å². The quantitative estimate of drug-likeness (QED) is 0.766. The second-order valence-electron chi connectivity index (χ2n) is 6.75. The highest BCUT2D eigenvalue weighted by Gasteiger charge is 2.38. The van der Waals surface area contributed by atoms with Crippen LogP contribution in [0.15, 0.2) is 4.52 Å². The highest BCUT2D eigenvalue weighted by Crippen LogP contribution is 2.35. The first-order valence-electron chi connectivity index (χ1n) is 8.33. The molecule has 6 nitrogen and oxygen atoms in total. The van der Waals surface area contributed by atoms with Crippen LogP contribution in [0.1, 0.15) is 57.7 Å². The minimum absolute atomic E-state index is 0.269. The highest BCUT2D eigenvalue weighted by molar-refractivity contribution is 5.07. The summed E-state index contributed by atoms with van der Waals surface area (Å²) >= 11 is 0. The third kappa shape index (κ3) is 4.76. The lowest BCUT2D eigenvalue weighted by atomic mass is 9.81. The highest BCUT2D eigenvalue weighted by atomic mass is 16.5. The maximum atomic E-state index is 10.1. The van der Waals surface area contributed by atoms with E-state index in [-0.39, 0.29) is 5.54 Å². The molecule has 2 N–H and O–H groups in total. The molecule has 1 aliphatic carbocycles. The molecule has 126 valence electrons. The Hall–Kier alpha value is -0.980. The Morgan fingerprint density at radius 3 is 2.59 bits per heavy atom. The van der Waals surface area contributed by atoms with E-state index < -0.39 is 6.10 Å². The first-order chi connectivity index (χ1) is 10.5. The van der Waals surface area contributed by atoms with Gasteiger partial charge in [-0.1, -0.05) is 38.3 Å². The van der Waals surface area contributed by atoms with Gasteiger partial charge in [0.1, 0.15) is 0 Å². The molecule has 0 amide bonds. The molecule has 0 radical (unpaired) electrons. The SMILES string of the molecule is Cc1nc(C2(NCC(O)COCC(C)C)CCCCC2)no1. The van der Waals surface area contributed by atoms with E-state index in [1.165, 1.54) is 6.42 Å². The molecular formula is C16H29N3O3. The van der Waals surface area contributed by atoms with E-state index in [0.29, 0.717) is 31.6 Å². The van der Waals surface area contributed by atoms with Crippen LogP contribution in [0, 0.1) is 12.8 Å². The van der Waals surface area contributed by atoms with Crippen molar-refractivity contribution >= 4 is 0 Å². The van der Waals surface area contributed by atoms with Crippen LogP contribution >= 0.6 is 0 Å². The van der Waals surface area contributed by atoms with Gasteiger partial charge in [-0.2, -0.15) is 4.98 Å². The van der Waals surface area contributed by atoms with E-state index in [9.17, 15) is 5.11 Å². The summed E-state index contributed by atoms with van der Waals surface area (Å²) in [6, 6.07) is 0. The standard InChI is InChI=1S/C16H29N3O3/c1-12(2)10-21-11-14(20)9-17-16(7-5-4-6-8-16)15-18-13(3)22-19-15/h12,14,17,20H,4-11H2,1-3H3. The lowest BCUT2D eigenvalue weighted by Crippen LogP contribution is -2.48. The van der Waals surface area contributed by atoms with E-state index in [4.69, 9.17) is 9.26 Å². The zero-order valence-corrected chi connectivity index (χ0v) is 14.0. The van der Waals surface area contributed by atoms with Crippen molar-refractivity contribution in [2.75, 3.05) is 19.8 Å². The fourth-order valence-electron chi connectivity index (χ4n) is 2.94. The van der Waals surface area contributed by atoms with Gasteiger partial charge in [-0.25, -0.2) is 0 Å². The third-order valence-corrected chi connectivity index (χ3v) is 4.10. The Morgan fingerprint density at radius 2 is 2.00 bits per heavy atom. The Balaban J connectivity index is 1.90. The number of rotatable bonds is 8. The van der Waals surface area contributed by atoms with Crippen molar-refractivity contribution in [1.29, 1.82) is 0 Å². The zero-order valence-electron chi connectivity index (χ0n) is 14.0. The van der Waals surface area contributed by atoms with Crippen LogP contribution in [0.25, 0.3) is 0 Å². The minimum Gasteiger partial charge on any atom is -0.389 e. The largest absolute Gasteiger partial charge is 0.389 e. The summed E-state index contributed by atoms with van der Waals surface area (Å²) in [5.41, 5.74) is -0.269. The Kier molecular flexibility index (Phi) is 6.35. The van der Waals surface area contributed by atoms with Gasteiger partial charge >= 0.3 is 0 Å². The van der Waals surface area contributed by atoms with Gasteiger partial charge in [0.25, 0.3) is 0 Å².